The van der Waals surface area contributed by atoms with Crippen molar-refractivity contribution < 1.29 is 14.6 Å². The van der Waals surface area contributed by atoms with Gasteiger partial charge in [0.1, 0.15) is 0 Å². The molecular formula is C19H39NO3. The fourth-order valence-electron chi connectivity index (χ4n) is 3.35. The van der Waals surface area contributed by atoms with Gasteiger partial charge in [-0.05, 0) is 19.9 Å². The van der Waals surface area contributed by atoms with Crippen LogP contribution >= 0.6 is 0 Å². The molecule has 0 amide bonds. The van der Waals surface area contributed by atoms with Gasteiger partial charge in [-0.2, -0.15) is 0 Å². The number of ether oxygens (including phenoxy) is 2. The Morgan fingerprint density at radius 3 is 2.13 bits per heavy atom. The molecule has 1 aliphatic heterocycles. The molecule has 1 saturated heterocycles. The Hall–Kier alpha value is -0.160. The molecule has 0 aromatic rings. The highest BCUT2D eigenvalue weighted by atomic mass is 16.7. The zero-order valence-electron chi connectivity index (χ0n) is 15.7. The van der Waals surface area contributed by atoms with E-state index in [2.05, 4.69) is 18.7 Å². The second-order valence-electron chi connectivity index (χ2n) is 7.07. The van der Waals surface area contributed by atoms with Crippen LogP contribution in [0.2, 0.25) is 0 Å². The molecule has 4 heteroatoms. The zero-order valence-corrected chi connectivity index (χ0v) is 15.7. The topological polar surface area (TPSA) is 41.9 Å². The molecule has 4 nitrogen and oxygen atoms in total. The Bertz CT molecular complexity index is 274. The summed E-state index contributed by atoms with van der Waals surface area (Å²) in [5.41, 5.74) is 0. The van der Waals surface area contributed by atoms with Crippen LogP contribution in [0.4, 0.5) is 0 Å². The monoisotopic (exact) mass is 329 g/mol. The lowest BCUT2D eigenvalue weighted by Crippen LogP contribution is -2.35. The Morgan fingerprint density at radius 2 is 1.61 bits per heavy atom. The largest absolute Gasteiger partial charge is 0.395 e. The van der Waals surface area contributed by atoms with Crippen LogP contribution in [-0.4, -0.2) is 55.2 Å². The van der Waals surface area contributed by atoms with Crippen molar-refractivity contribution in [2.45, 2.75) is 89.9 Å². The summed E-state index contributed by atoms with van der Waals surface area (Å²) in [5, 5.41) is 9.03. The molecule has 1 fully saturated rings. The standard InChI is InChI=1S/C19H39NO3/c1-4-6-8-10-12-19(13-11-9-7-5-2)22-17-18(23-19)16-20(3)14-15-21/h18,21H,4-17H2,1-3H3. The van der Waals surface area contributed by atoms with Crippen LogP contribution in [0, 0.1) is 0 Å². The normalized spacial score (nSPS) is 20.5. The lowest BCUT2D eigenvalue weighted by Gasteiger charge is -2.29. The van der Waals surface area contributed by atoms with Gasteiger partial charge in [0.2, 0.25) is 0 Å². The van der Waals surface area contributed by atoms with Crippen LogP contribution in [0.25, 0.3) is 0 Å². The molecule has 1 unspecified atom stereocenters. The molecule has 1 rings (SSSR count). The first-order valence-corrected chi connectivity index (χ1v) is 9.77. The minimum atomic E-state index is -0.341. The van der Waals surface area contributed by atoms with E-state index in [0.717, 1.165) is 19.4 Å². The quantitative estimate of drug-likeness (QED) is 0.490. The lowest BCUT2D eigenvalue weighted by atomic mass is 10.00. The number of likely N-dealkylation sites (N-methyl/N-ethyl adjacent to an activating group) is 1. The van der Waals surface area contributed by atoms with Gasteiger partial charge in [-0.3, -0.25) is 0 Å². The van der Waals surface area contributed by atoms with Gasteiger partial charge in [-0.25, -0.2) is 0 Å². The number of hydrogen-bond donors (Lipinski definition) is 1. The first-order valence-electron chi connectivity index (χ1n) is 9.77. The molecule has 0 bridgehead atoms. The van der Waals surface area contributed by atoms with Crippen LogP contribution in [0.3, 0.4) is 0 Å². The fraction of sp³-hybridized carbons (Fsp3) is 1.00. The van der Waals surface area contributed by atoms with Crippen LogP contribution in [0.1, 0.15) is 78.1 Å². The first kappa shape index (κ1) is 20.9. The van der Waals surface area contributed by atoms with E-state index in [1.54, 1.807) is 0 Å². The number of aliphatic hydroxyl groups excluding tert-OH is 1. The van der Waals surface area contributed by atoms with Gasteiger partial charge < -0.3 is 19.5 Å². The maximum atomic E-state index is 9.03. The van der Waals surface area contributed by atoms with Gasteiger partial charge in [-0.1, -0.05) is 52.4 Å². The summed E-state index contributed by atoms with van der Waals surface area (Å²) in [6.45, 7) is 6.92. The summed E-state index contributed by atoms with van der Waals surface area (Å²) >= 11 is 0. The molecule has 1 heterocycles. The molecule has 138 valence electrons. The third-order valence-electron chi connectivity index (χ3n) is 4.73. The molecule has 0 aromatic heterocycles. The maximum absolute atomic E-state index is 9.03. The molecule has 23 heavy (non-hydrogen) atoms. The fourth-order valence-corrected chi connectivity index (χ4v) is 3.35. The molecule has 0 aromatic carbocycles. The van der Waals surface area contributed by atoms with Crippen molar-refractivity contribution in [1.82, 2.24) is 4.90 Å². The molecule has 1 N–H and O–H groups in total. The summed E-state index contributed by atoms with van der Waals surface area (Å²) < 4.78 is 12.6. The van der Waals surface area contributed by atoms with Gasteiger partial charge in [0.05, 0.1) is 19.3 Å². The number of aliphatic hydroxyl groups is 1. The van der Waals surface area contributed by atoms with Crippen molar-refractivity contribution in [3.05, 3.63) is 0 Å². The minimum absolute atomic E-state index is 0.143. The Labute approximate surface area is 143 Å². The summed E-state index contributed by atoms with van der Waals surface area (Å²) in [6.07, 6.45) is 12.3. The number of rotatable bonds is 14. The summed E-state index contributed by atoms with van der Waals surface area (Å²) in [5.74, 6) is -0.341. The van der Waals surface area contributed by atoms with E-state index in [4.69, 9.17) is 14.6 Å². The van der Waals surface area contributed by atoms with Crippen LogP contribution in [0.5, 0.6) is 0 Å². The van der Waals surface area contributed by atoms with Crippen molar-refractivity contribution in [3.63, 3.8) is 0 Å². The predicted octanol–water partition coefficient (Wildman–Crippen LogP) is 3.96. The smallest absolute Gasteiger partial charge is 0.168 e. The van der Waals surface area contributed by atoms with E-state index < -0.39 is 0 Å². The van der Waals surface area contributed by atoms with Gasteiger partial charge in [-0.15, -0.1) is 0 Å². The van der Waals surface area contributed by atoms with Crippen molar-refractivity contribution in [1.29, 1.82) is 0 Å². The molecule has 0 aliphatic carbocycles. The molecular weight excluding hydrogens is 290 g/mol. The molecule has 1 atom stereocenters. The molecule has 1 aliphatic rings. The maximum Gasteiger partial charge on any atom is 0.168 e. The van der Waals surface area contributed by atoms with Gasteiger partial charge in [0.15, 0.2) is 5.79 Å². The van der Waals surface area contributed by atoms with Gasteiger partial charge in [0, 0.05) is 25.9 Å². The first-order chi connectivity index (χ1) is 11.2. The van der Waals surface area contributed by atoms with E-state index in [9.17, 15) is 0 Å². The SMILES string of the molecule is CCCCCCC1(CCCCCC)OCC(CN(C)CCO)O1. The minimum Gasteiger partial charge on any atom is -0.395 e. The van der Waals surface area contributed by atoms with E-state index in [-0.39, 0.29) is 18.5 Å². The third kappa shape index (κ3) is 8.48. The summed E-state index contributed by atoms with van der Waals surface area (Å²) in [7, 11) is 2.03. The van der Waals surface area contributed by atoms with E-state index in [1.165, 1.54) is 51.4 Å². The zero-order chi connectivity index (χ0) is 17.0. The van der Waals surface area contributed by atoms with Crippen molar-refractivity contribution in [3.8, 4) is 0 Å². The van der Waals surface area contributed by atoms with E-state index in [1.807, 2.05) is 7.05 Å². The number of nitrogens with zero attached hydrogens (tertiary/aromatic N) is 1. The van der Waals surface area contributed by atoms with Gasteiger partial charge in [0.25, 0.3) is 0 Å². The van der Waals surface area contributed by atoms with E-state index in [0.29, 0.717) is 13.2 Å². The summed E-state index contributed by atoms with van der Waals surface area (Å²) in [4.78, 5) is 2.12. The second-order valence-corrected chi connectivity index (χ2v) is 7.07. The average Bonchev–Trinajstić information content (AvgIpc) is 2.92. The lowest BCUT2D eigenvalue weighted by molar-refractivity contribution is -0.180. The third-order valence-corrected chi connectivity index (χ3v) is 4.73. The molecule has 0 spiro atoms. The highest BCUT2D eigenvalue weighted by molar-refractivity contribution is 4.81. The summed E-state index contributed by atoms with van der Waals surface area (Å²) in [6, 6.07) is 0. The molecule has 0 saturated carbocycles. The Kier molecular flexibility index (Phi) is 11.1. The second kappa shape index (κ2) is 12.2. The van der Waals surface area contributed by atoms with Crippen molar-refractivity contribution in [2.24, 2.45) is 0 Å². The highest BCUT2D eigenvalue weighted by Gasteiger charge is 2.40. The van der Waals surface area contributed by atoms with Crippen molar-refractivity contribution >= 4 is 0 Å². The number of unbranched alkanes of at least 4 members (excludes halogenated alkanes) is 6. The van der Waals surface area contributed by atoms with Crippen LogP contribution in [0.15, 0.2) is 0 Å². The Morgan fingerprint density at radius 1 is 1.00 bits per heavy atom. The molecule has 0 radical (unpaired) electrons. The van der Waals surface area contributed by atoms with Crippen LogP contribution in [-0.2, 0) is 9.47 Å². The highest BCUT2D eigenvalue weighted by Crippen LogP contribution is 2.34. The van der Waals surface area contributed by atoms with Gasteiger partial charge >= 0.3 is 0 Å². The average molecular weight is 330 g/mol. The predicted molar refractivity (Wildman–Crippen MR) is 95.7 cm³/mol. The van der Waals surface area contributed by atoms with Crippen molar-refractivity contribution in [2.75, 3.05) is 33.4 Å². The van der Waals surface area contributed by atoms with E-state index >= 15 is 0 Å². The Balaban J connectivity index is 2.44. The number of hydrogen-bond acceptors (Lipinski definition) is 4. The van der Waals surface area contributed by atoms with Crippen LogP contribution < -0.4 is 0 Å².